The van der Waals surface area contributed by atoms with Crippen molar-refractivity contribution >= 4 is 28.8 Å². The molecule has 5 rings (SSSR count). The minimum absolute atomic E-state index is 0.111. The van der Waals surface area contributed by atoms with Crippen LogP contribution in [0.15, 0.2) is 66.7 Å². The van der Waals surface area contributed by atoms with Gasteiger partial charge in [-0.05, 0) is 47.5 Å². The summed E-state index contributed by atoms with van der Waals surface area (Å²) in [5, 5.41) is 12.1. The number of allylic oxidation sites excluding steroid dienone is 1. The van der Waals surface area contributed by atoms with Gasteiger partial charge in [0.15, 0.2) is 5.76 Å². The molecule has 2 aromatic carbocycles. The molecule has 8 heteroatoms. The number of aromatic hydroxyl groups is 1. The summed E-state index contributed by atoms with van der Waals surface area (Å²) in [4.78, 5) is 34.7. The molecule has 4 aromatic rings. The van der Waals surface area contributed by atoms with Crippen molar-refractivity contribution in [3.05, 3.63) is 83.4 Å². The Hall–Kier alpha value is -4.43. The van der Waals surface area contributed by atoms with E-state index in [9.17, 15) is 14.7 Å². The van der Waals surface area contributed by atoms with E-state index in [1.807, 2.05) is 36.0 Å². The van der Waals surface area contributed by atoms with Crippen molar-refractivity contribution in [1.29, 1.82) is 0 Å². The minimum Gasteiger partial charge on any atom is -0.507 e. The predicted molar refractivity (Wildman–Crippen MR) is 126 cm³/mol. The quantitative estimate of drug-likeness (QED) is 0.366. The number of aromatic nitrogens is 2. The van der Waals surface area contributed by atoms with Crippen molar-refractivity contribution in [2.45, 2.75) is 0 Å². The number of amides is 1. The second-order valence-electron chi connectivity index (χ2n) is 7.91. The molecule has 2 aromatic heterocycles. The number of nitrogens with zero attached hydrogens (tertiary/aromatic N) is 3. The number of phenolic OH excluding ortho intramolecular Hbond substituents is 1. The lowest BCUT2D eigenvalue weighted by atomic mass is 9.99. The molecule has 0 spiro atoms. The number of rotatable bonds is 4. The molecule has 0 saturated carbocycles. The molecule has 1 amide bonds. The molecule has 0 fully saturated rings. The fourth-order valence-corrected chi connectivity index (χ4v) is 4.10. The van der Waals surface area contributed by atoms with E-state index in [0.717, 1.165) is 32.8 Å². The summed E-state index contributed by atoms with van der Waals surface area (Å²) in [6, 6.07) is 13.8. The van der Waals surface area contributed by atoms with Crippen LogP contribution in [0.5, 0.6) is 11.5 Å². The molecule has 8 nitrogen and oxygen atoms in total. The number of hydrogen-bond acceptors (Lipinski definition) is 6. The van der Waals surface area contributed by atoms with Crippen LogP contribution in [0.1, 0.15) is 26.3 Å². The third-order valence-corrected chi connectivity index (χ3v) is 5.85. The molecular weight excluding hydrogens is 434 g/mol. The van der Waals surface area contributed by atoms with Gasteiger partial charge in [0.1, 0.15) is 22.7 Å². The Morgan fingerprint density at radius 1 is 1.18 bits per heavy atom. The van der Waals surface area contributed by atoms with E-state index in [1.165, 1.54) is 13.2 Å². The second kappa shape index (κ2) is 8.17. The van der Waals surface area contributed by atoms with Crippen LogP contribution in [-0.4, -0.2) is 45.6 Å². The molecule has 1 N–H and O–H groups in total. The van der Waals surface area contributed by atoms with E-state index < -0.39 is 0 Å². The second-order valence-corrected chi connectivity index (χ2v) is 7.91. The maximum absolute atomic E-state index is 12.9. The average molecular weight is 455 g/mol. The van der Waals surface area contributed by atoms with Crippen LogP contribution in [0.3, 0.4) is 0 Å². The van der Waals surface area contributed by atoms with Crippen molar-refractivity contribution in [1.82, 2.24) is 14.6 Å². The Bertz CT molecular complexity index is 1480. The van der Waals surface area contributed by atoms with Gasteiger partial charge < -0.3 is 14.4 Å². The van der Waals surface area contributed by atoms with Crippen molar-refractivity contribution < 1.29 is 24.3 Å². The molecule has 3 heterocycles. The normalized spacial score (nSPS) is 13.9. The summed E-state index contributed by atoms with van der Waals surface area (Å²) < 4.78 is 7.63. The average Bonchev–Trinajstić information content (AvgIpc) is 3.35. The number of benzene rings is 2. The zero-order valence-electron chi connectivity index (χ0n) is 18.8. The van der Waals surface area contributed by atoms with Gasteiger partial charge in [0, 0.05) is 43.0 Å². The van der Waals surface area contributed by atoms with Crippen molar-refractivity contribution in [3.8, 4) is 22.6 Å². The minimum atomic E-state index is -0.374. The number of carbonyl (C=O) groups excluding carboxylic acids is 2. The summed E-state index contributed by atoms with van der Waals surface area (Å²) in [7, 11) is 4.86. The van der Waals surface area contributed by atoms with Gasteiger partial charge >= 0.3 is 0 Å². The van der Waals surface area contributed by atoms with Gasteiger partial charge in [0.05, 0.1) is 7.11 Å². The Kier molecular flexibility index (Phi) is 5.14. The maximum Gasteiger partial charge on any atom is 0.277 e. The molecule has 1 aliphatic heterocycles. The van der Waals surface area contributed by atoms with Gasteiger partial charge in [-0.2, -0.15) is 0 Å². The lowest BCUT2D eigenvalue weighted by Gasteiger charge is -2.14. The number of pyridine rings is 1. The van der Waals surface area contributed by atoms with Crippen LogP contribution in [-0.2, 0) is 11.9 Å². The van der Waals surface area contributed by atoms with E-state index in [2.05, 4.69) is 4.98 Å². The highest BCUT2D eigenvalue weighted by molar-refractivity contribution is 6.17. The number of hydrogen-bond donors (Lipinski definition) is 1. The van der Waals surface area contributed by atoms with E-state index in [-0.39, 0.29) is 28.8 Å². The zero-order valence-corrected chi connectivity index (χ0v) is 18.8. The van der Waals surface area contributed by atoms with Crippen LogP contribution >= 0.6 is 0 Å². The van der Waals surface area contributed by atoms with E-state index >= 15 is 0 Å². The van der Waals surface area contributed by atoms with Crippen LogP contribution in [0.2, 0.25) is 0 Å². The molecule has 0 atom stereocenters. The van der Waals surface area contributed by atoms with Gasteiger partial charge in [-0.15, -0.1) is 0 Å². The number of Topliss-reactive ketones (excluding diaryl/α,β-unsaturated/α-hetero) is 1. The molecule has 34 heavy (non-hydrogen) atoms. The largest absolute Gasteiger partial charge is 0.507 e. The Labute approximate surface area is 195 Å². The first-order valence-electron chi connectivity index (χ1n) is 10.5. The molecule has 0 unspecified atom stereocenters. The van der Waals surface area contributed by atoms with Gasteiger partial charge in [0.25, 0.3) is 5.91 Å². The first kappa shape index (κ1) is 21.4. The molecule has 170 valence electrons. The maximum atomic E-state index is 12.9. The number of ketones is 1. The Morgan fingerprint density at radius 3 is 2.65 bits per heavy atom. The number of aryl methyl sites for hydroxylation is 1. The van der Waals surface area contributed by atoms with Crippen LogP contribution in [0.4, 0.5) is 0 Å². The molecule has 0 saturated heterocycles. The zero-order chi connectivity index (χ0) is 24.0. The van der Waals surface area contributed by atoms with Crippen molar-refractivity contribution in [2.75, 3.05) is 14.2 Å². The number of hydroxylamine groups is 2. The Morgan fingerprint density at radius 2 is 1.94 bits per heavy atom. The van der Waals surface area contributed by atoms with E-state index in [1.54, 1.807) is 43.6 Å². The third-order valence-electron chi connectivity index (χ3n) is 5.85. The number of phenols is 1. The standard InChI is InChI=1S/C26H21N3O5/c1-28-14-17(13-21-24(31)23-19(30)5-4-6-20(23)34-21)22-18(11-12-27-25(22)28)15-7-9-16(10-8-15)26(32)29(2)33-3/h4-14,30H,1-3H3/b21-13-. The van der Waals surface area contributed by atoms with Crippen molar-refractivity contribution in [3.63, 3.8) is 0 Å². The number of fused-ring (bicyclic) bond motifs is 2. The molecule has 1 aliphatic rings. The van der Waals surface area contributed by atoms with E-state index in [4.69, 9.17) is 9.57 Å². The molecular formula is C26H21N3O5. The SMILES string of the molecule is CON(C)C(=O)c1ccc(-c2ccnc3c2c(/C=C2\Oc4cccc(O)c4C2=O)cn3C)cc1. The topological polar surface area (TPSA) is 93.9 Å². The van der Waals surface area contributed by atoms with Gasteiger partial charge in [-0.25, -0.2) is 10.0 Å². The van der Waals surface area contributed by atoms with Crippen molar-refractivity contribution in [2.24, 2.45) is 7.05 Å². The summed E-state index contributed by atoms with van der Waals surface area (Å²) in [6.07, 6.45) is 5.26. The van der Waals surface area contributed by atoms with Crippen LogP contribution < -0.4 is 4.74 Å². The highest BCUT2D eigenvalue weighted by Crippen LogP contribution is 2.39. The van der Waals surface area contributed by atoms with Gasteiger partial charge in [0.2, 0.25) is 5.78 Å². The predicted octanol–water partition coefficient (Wildman–Crippen LogP) is 4.20. The monoisotopic (exact) mass is 455 g/mol. The fraction of sp³-hybridized carbons (Fsp3) is 0.115. The first-order valence-corrected chi connectivity index (χ1v) is 10.5. The summed E-state index contributed by atoms with van der Waals surface area (Å²) >= 11 is 0. The first-order chi connectivity index (χ1) is 16.4. The number of carbonyl (C=O) groups is 2. The van der Waals surface area contributed by atoms with E-state index in [0.29, 0.717) is 11.3 Å². The Balaban J connectivity index is 1.59. The number of ether oxygens (including phenoxy) is 1. The fourth-order valence-electron chi connectivity index (χ4n) is 4.10. The van der Waals surface area contributed by atoms with Gasteiger partial charge in [-0.3, -0.25) is 14.4 Å². The highest BCUT2D eigenvalue weighted by Gasteiger charge is 2.30. The van der Waals surface area contributed by atoms with Crippen LogP contribution in [0, 0.1) is 0 Å². The summed E-state index contributed by atoms with van der Waals surface area (Å²) in [5.74, 6) is -0.280. The lowest BCUT2D eigenvalue weighted by Crippen LogP contribution is -2.25. The summed E-state index contributed by atoms with van der Waals surface area (Å²) in [6.45, 7) is 0. The summed E-state index contributed by atoms with van der Waals surface area (Å²) in [5.41, 5.74) is 3.91. The highest BCUT2D eigenvalue weighted by atomic mass is 16.7. The molecule has 0 bridgehead atoms. The lowest BCUT2D eigenvalue weighted by molar-refractivity contribution is -0.0756. The molecule has 0 aliphatic carbocycles. The smallest absolute Gasteiger partial charge is 0.277 e. The molecule has 0 radical (unpaired) electrons. The third kappa shape index (κ3) is 3.41. The van der Waals surface area contributed by atoms with Crippen LogP contribution in [0.25, 0.3) is 28.2 Å². The van der Waals surface area contributed by atoms with Gasteiger partial charge in [-0.1, -0.05) is 18.2 Å².